The average molecular weight is 356 g/mol. The Balaban J connectivity index is 0.00000264. The molecule has 0 radical (unpaired) electrons. The van der Waals surface area contributed by atoms with Crippen molar-refractivity contribution in [2.45, 2.75) is 20.8 Å². The van der Waals surface area contributed by atoms with Gasteiger partial charge < -0.3 is 10.6 Å². The Morgan fingerprint density at radius 3 is 2.52 bits per heavy atom. The van der Waals surface area contributed by atoms with Gasteiger partial charge in [-0.2, -0.15) is 0 Å². The van der Waals surface area contributed by atoms with Gasteiger partial charge in [0.2, 0.25) is 0 Å². The molecule has 0 aromatic carbocycles. The van der Waals surface area contributed by atoms with E-state index in [0.29, 0.717) is 34.5 Å². The van der Waals surface area contributed by atoms with Crippen molar-refractivity contribution >= 4 is 29.7 Å². The van der Waals surface area contributed by atoms with Crippen molar-refractivity contribution in [3.05, 3.63) is 29.0 Å². The van der Waals surface area contributed by atoms with Gasteiger partial charge in [0.25, 0.3) is 5.91 Å². The standard InChI is InChI=1S/C15H21N5OS.ClH/c1-10-11(14(21)20(4)9-15(2,3)8-16)22-13(19-10)12-17-6-5-7-18-12;/h5-7H,8-9,16H2,1-4H3;1H. The second-order valence-corrected chi connectivity index (χ2v) is 7.03. The Morgan fingerprint density at radius 1 is 1.35 bits per heavy atom. The molecule has 0 fully saturated rings. The highest BCUT2D eigenvalue weighted by Gasteiger charge is 2.25. The van der Waals surface area contributed by atoms with Crippen LogP contribution in [0.2, 0.25) is 0 Å². The number of aryl methyl sites for hydroxylation is 1. The average Bonchev–Trinajstić information content (AvgIpc) is 2.89. The van der Waals surface area contributed by atoms with E-state index in [1.807, 2.05) is 20.8 Å². The number of hydrogen-bond acceptors (Lipinski definition) is 6. The summed E-state index contributed by atoms with van der Waals surface area (Å²) in [5.41, 5.74) is 6.33. The quantitative estimate of drug-likeness (QED) is 0.890. The topological polar surface area (TPSA) is 85.0 Å². The molecule has 0 saturated heterocycles. The van der Waals surface area contributed by atoms with Gasteiger partial charge in [0, 0.05) is 26.0 Å². The first-order valence-corrected chi connectivity index (χ1v) is 7.86. The number of aromatic nitrogens is 3. The van der Waals surface area contributed by atoms with E-state index in [1.165, 1.54) is 11.3 Å². The Kier molecular flexibility index (Phi) is 6.61. The van der Waals surface area contributed by atoms with E-state index in [4.69, 9.17) is 5.73 Å². The second kappa shape index (κ2) is 7.81. The summed E-state index contributed by atoms with van der Waals surface area (Å²) in [4.78, 5) is 27.7. The van der Waals surface area contributed by atoms with Gasteiger partial charge >= 0.3 is 0 Å². The number of hydrogen-bond donors (Lipinski definition) is 1. The van der Waals surface area contributed by atoms with Crippen LogP contribution in [0.4, 0.5) is 0 Å². The first-order chi connectivity index (χ1) is 10.3. The van der Waals surface area contributed by atoms with E-state index in [0.717, 1.165) is 0 Å². The first-order valence-electron chi connectivity index (χ1n) is 7.04. The maximum atomic E-state index is 12.6. The monoisotopic (exact) mass is 355 g/mol. The molecule has 2 heterocycles. The number of nitrogens with zero attached hydrogens (tertiary/aromatic N) is 4. The molecule has 2 aromatic rings. The van der Waals surface area contributed by atoms with Crippen LogP contribution in [0.5, 0.6) is 0 Å². The third-order valence-corrected chi connectivity index (χ3v) is 4.45. The van der Waals surface area contributed by atoms with Crippen molar-refractivity contribution in [1.82, 2.24) is 19.9 Å². The highest BCUT2D eigenvalue weighted by Crippen LogP contribution is 2.27. The Bertz CT molecular complexity index is 659. The van der Waals surface area contributed by atoms with Crippen LogP contribution in [0.25, 0.3) is 10.8 Å². The van der Waals surface area contributed by atoms with Crippen molar-refractivity contribution in [2.24, 2.45) is 11.1 Å². The fourth-order valence-electron chi connectivity index (χ4n) is 2.05. The summed E-state index contributed by atoms with van der Waals surface area (Å²) in [6.45, 7) is 7.03. The van der Waals surface area contributed by atoms with Crippen LogP contribution in [0, 0.1) is 12.3 Å². The maximum absolute atomic E-state index is 12.6. The molecule has 0 aliphatic carbocycles. The minimum atomic E-state index is -0.117. The van der Waals surface area contributed by atoms with E-state index in [-0.39, 0.29) is 23.7 Å². The lowest BCUT2D eigenvalue weighted by atomic mass is 9.93. The van der Waals surface area contributed by atoms with Gasteiger partial charge in [-0.05, 0) is 24.9 Å². The van der Waals surface area contributed by atoms with Crippen LogP contribution >= 0.6 is 23.7 Å². The van der Waals surface area contributed by atoms with Gasteiger partial charge in [0.15, 0.2) is 10.8 Å². The van der Waals surface area contributed by atoms with E-state index in [2.05, 4.69) is 15.0 Å². The number of thiazole rings is 1. The van der Waals surface area contributed by atoms with Gasteiger partial charge in [-0.15, -0.1) is 23.7 Å². The fraction of sp³-hybridized carbons (Fsp3) is 0.467. The normalized spacial score (nSPS) is 11.0. The second-order valence-electron chi connectivity index (χ2n) is 6.04. The molecule has 126 valence electrons. The van der Waals surface area contributed by atoms with Crippen LogP contribution in [0.3, 0.4) is 0 Å². The highest BCUT2D eigenvalue weighted by atomic mass is 35.5. The smallest absolute Gasteiger partial charge is 0.265 e. The molecule has 0 atom stereocenters. The Labute approximate surface area is 146 Å². The third-order valence-electron chi connectivity index (χ3n) is 3.31. The van der Waals surface area contributed by atoms with Gasteiger partial charge in [-0.25, -0.2) is 15.0 Å². The molecule has 2 N–H and O–H groups in total. The lowest BCUT2D eigenvalue weighted by molar-refractivity contribution is 0.0744. The molecule has 8 heteroatoms. The van der Waals surface area contributed by atoms with Crippen molar-refractivity contribution in [3.8, 4) is 10.8 Å². The van der Waals surface area contributed by atoms with Gasteiger partial charge in [-0.1, -0.05) is 13.8 Å². The summed E-state index contributed by atoms with van der Waals surface area (Å²) < 4.78 is 0. The van der Waals surface area contributed by atoms with Crippen LogP contribution < -0.4 is 5.73 Å². The largest absolute Gasteiger partial charge is 0.340 e. The Hall–Kier alpha value is -1.57. The van der Waals surface area contributed by atoms with E-state index in [1.54, 1.807) is 30.4 Å². The molecule has 1 amide bonds. The van der Waals surface area contributed by atoms with Gasteiger partial charge in [0.05, 0.1) is 5.69 Å². The summed E-state index contributed by atoms with van der Waals surface area (Å²) in [5, 5.41) is 0.660. The molecule has 6 nitrogen and oxygen atoms in total. The van der Waals surface area contributed by atoms with E-state index in [9.17, 15) is 4.79 Å². The summed E-state index contributed by atoms with van der Waals surface area (Å²) in [5.74, 6) is 0.498. The van der Waals surface area contributed by atoms with Crippen LogP contribution in [-0.4, -0.2) is 45.9 Å². The zero-order valence-corrected chi connectivity index (χ0v) is 15.4. The van der Waals surface area contributed by atoms with Crippen LogP contribution in [0.15, 0.2) is 18.5 Å². The Morgan fingerprint density at radius 2 is 1.96 bits per heavy atom. The lowest BCUT2D eigenvalue weighted by Gasteiger charge is -2.28. The van der Waals surface area contributed by atoms with Crippen molar-refractivity contribution < 1.29 is 4.79 Å². The molecule has 0 unspecified atom stereocenters. The fourth-order valence-corrected chi connectivity index (χ4v) is 3.06. The zero-order valence-electron chi connectivity index (χ0n) is 13.7. The number of carbonyl (C=O) groups is 1. The van der Waals surface area contributed by atoms with Crippen molar-refractivity contribution in [2.75, 3.05) is 20.1 Å². The van der Waals surface area contributed by atoms with Gasteiger partial charge in [-0.3, -0.25) is 4.79 Å². The molecule has 0 aliphatic heterocycles. The maximum Gasteiger partial charge on any atom is 0.265 e. The van der Waals surface area contributed by atoms with Crippen LogP contribution in [0.1, 0.15) is 29.2 Å². The first kappa shape index (κ1) is 19.5. The minimum Gasteiger partial charge on any atom is -0.340 e. The summed E-state index contributed by atoms with van der Waals surface area (Å²) in [7, 11) is 1.79. The molecule has 23 heavy (non-hydrogen) atoms. The third kappa shape index (κ3) is 4.70. The molecular weight excluding hydrogens is 334 g/mol. The van der Waals surface area contributed by atoms with E-state index >= 15 is 0 Å². The highest BCUT2D eigenvalue weighted by molar-refractivity contribution is 7.17. The molecule has 0 bridgehead atoms. The molecule has 2 rings (SSSR count). The summed E-state index contributed by atoms with van der Waals surface area (Å²) >= 11 is 1.32. The predicted molar refractivity (Wildman–Crippen MR) is 94.9 cm³/mol. The molecule has 2 aromatic heterocycles. The lowest BCUT2D eigenvalue weighted by Crippen LogP contribution is -2.39. The summed E-state index contributed by atoms with van der Waals surface area (Å²) in [6.07, 6.45) is 3.33. The minimum absolute atomic E-state index is 0. The predicted octanol–water partition coefficient (Wildman–Crippen LogP) is 2.39. The number of carbonyl (C=O) groups excluding carboxylic acids is 1. The van der Waals surface area contributed by atoms with Crippen molar-refractivity contribution in [3.63, 3.8) is 0 Å². The van der Waals surface area contributed by atoms with Crippen molar-refractivity contribution in [1.29, 1.82) is 0 Å². The molecule has 0 aliphatic rings. The SMILES string of the molecule is Cc1nc(-c2ncccn2)sc1C(=O)N(C)CC(C)(C)CN.Cl. The number of amides is 1. The number of rotatable bonds is 5. The molecule has 0 spiro atoms. The number of nitrogens with two attached hydrogens (primary N) is 1. The summed E-state index contributed by atoms with van der Waals surface area (Å²) in [6, 6.07) is 1.75. The molecular formula is C15H22ClN5OS. The number of halogens is 1. The van der Waals surface area contributed by atoms with Crippen LogP contribution in [-0.2, 0) is 0 Å². The van der Waals surface area contributed by atoms with Gasteiger partial charge in [0.1, 0.15) is 4.88 Å². The zero-order chi connectivity index (χ0) is 16.3. The molecule has 0 saturated carbocycles. The van der Waals surface area contributed by atoms with E-state index < -0.39 is 0 Å².